The first kappa shape index (κ1) is 17.3. The number of carboxylic acid groups (broad SMARTS) is 1. The molecule has 0 heterocycles. The number of benzene rings is 2. The van der Waals surface area contributed by atoms with Gasteiger partial charge in [-0.15, -0.1) is 0 Å². The van der Waals surface area contributed by atoms with E-state index in [0.717, 1.165) is 11.3 Å². The Morgan fingerprint density at radius 1 is 1.04 bits per heavy atom. The smallest absolute Gasteiger partial charge is 0.185 e. The number of carbonyl (C=O) groups is 2. The second kappa shape index (κ2) is 8.53. The van der Waals surface area contributed by atoms with Crippen molar-refractivity contribution >= 4 is 17.8 Å². The van der Waals surface area contributed by atoms with Crippen molar-refractivity contribution in [3.63, 3.8) is 0 Å². The third-order valence-corrected chi connectivity index (χ3v) is 3.13. The molecular formula is C19H17O5-. The number of ketones is 1. The Kier molecular flexibility index (Phi) is 6.14. The van der Waals surface area contributed by atoms with Crippen molar-refractivity contribution in [1.82, 2.24) is 0 Å². The Hall–Kier alpha value is -3.08. The van der Waals surface area contributed by atoms with Gasteiger partial charge >= 0.3 is 0 Å². The fraction of sp³-hybridized carbons (Fsp3) is 0.158. The third-order valence-electron chi connectivity index (χ3n) is 3.13. The molecular weight excluding hydrogens is 308 g/mol. The highest BCUT2D eigenvalue weighted by Gasteiger charge is 2.04. The summed E-state index contributed by atoms with van der Waals surface area (Å²) < 4.78 is 10.5. The van der Waals surface area contributed by atoms with Crippen LogP contribution in [0.4, 0.5) is 0 Å². The van der Waals surface area contributed by atoms with Crippen LogP contribution in [0.5, 0.6) is 11.5 Å². The quantitative estimate of drug-likeness (QED) is 0.549. The first-order valence-electron chi connectivity index (χ1n) is 7.47. The van der Waals surface area contributed by atoms with Crippen molar-refractivity contribution in [3.05, 3.63) is 65.7 Å². The average molecular weight is 325 g/mol. The first-order chi connectivity index (χ1) is 11.6. The predicted octanol–water partition coefficient (Wildman–Crippen LogP) is 2.11. The number of hydrogen-bond acceptors (Lipinski definition) is 5. The zero-order chi connectivity index (χ0) is 17.4. The summed E-state index contributed by atoms with van der Waals surface area (Å²) in [7, 11) is 0. The van der Waals surface area contributed by atoms with E-state index in [1.54, 1.807) is 18.2 Å². The Bertz CT molecular complexity index is 732. The maximum absolute atomic E-state index is 12.2. The number of hydrogen-bond donors (Lipinski definition) is 0. The molecule has 0 saturated heterocycles. The minimum absolute atomic E-state index is 0.173. The van der Waals surface area contributed by atoms with Crippen molar-refractivity contribution in [1.29, 1.82) is 0 Å². The summed E-state index contributed by atoms with van der Waals surface area (Å²) in [6.45, 7) is 1.92. The molecule has 2 aromatic rings. The molecule has 0 radical (unpaired) electrons. The predicted molar refractivity (Wildman–Crippen MR) is 87.9 cm³/mol. The van der Waals surface area contributed by atoms with E-state index in [1.807, 2.05) is 31.2 Å². The molecule has 5 heteroatoms. The third kappa shape index (κ3) is 4.98. The van der Waals surface area contributed by atoms with Crippen LogP contribution >= 0.6 is 0 Å². The van der Waals surface area contributed by atoms with Crippen LogP contribution in [0.1, 0.15) is 22.8 Å². The molecule has 0 aliphatic heterocycles. The summed E-state index contributed by atoms with van der Waals surface area (Å²) in [5.41, 5.74) is 1.29. The van der Waals surface area contributed by atoms with E-state index in [-0.39, 0.29) is 5.78 Å². The SMILES string of the molecule is CCOc1ccccc1/C=C/C(=O)c1ccc(OCC(=O)[O-])cc1. The Morgan fingerprint density at radius 2 is 1.75 bits per heavy atom. The zero-order valence-corrected chi connectivity index (χ0v) is 13.2. The number of carboxylic acids is 1. The van der Waals surface area contributed by atoms with Gasteiger partial charge in [0.2, 0.25) is 0 Å². The normalized spacial score (nSPS) is 10.5. The number of allylic oxidation sites excluding steroid dienone is 1. The van der Waals surface area contributed by atoms with E-state index >= 15 is 0 Å². The molecule has 0 aliphatic carbocycles. The molecule has 0 aromatic heterocycles. The molecule has 0 spiro atoms. The Labute approximate surface area is 140 Å². The molecule has 0 aliphatic rings. The fourth-order valence-electron chi connectivity index (χ4n) is 2.02. The number of carbonyl (C=O) groups excluding carboxylic acids is 2. The minimum atomic E-state index is -1.30. The van der Waals surface area contributed by atoms with Gasteiger partial charge in [0.1, 0.15) is 18.1 Å². The van der Waals surface area contributed by atoms with Crippen molar-refractivity contribution in [3.8, 4) is 11.5 Å². The monoisotopic (exact) mass is 325 g/mol. The second-order valence-electron chi connectivity index (χ2n) is 4.85. The lowest BCUT2D eigenvalue weighted by atomic mass is 10.1. The largest absolute Gasteiger partial charge is 0.546 e. The van der Waals surface area contributed by atoms with Crippen LogP contribution in [0, 0.1) is 0 Å². The van der Waals surface area contributed by atoms with Crippen molar-refractivity contribution in [2.75, 3.05) is 13.2 Å². The van der Waals surface area contributed by atoms with Gasteiger partial charge in [-0.3, -0.25) is 4.79 Å². The molecule has 124 valence electrons. The standard InChI is InChI=1S/C19H18O5/c1-2-23-18-6-4-3-5-15(18)9-12-17(20)14-7-10-16(11-8-14)24-13-19(21)22/h3-12H,2,13H2,1H3,(H,21,22)/p-1/b12-9+. The van der Waals surface area contributed by atoms with Crippen LogP contribution in [0.15, 0.2) is 54.6 Å². The Morgan fingerprint density at radius 3 is 2.42 bits per heavy atom. The fourth-order valence-corrected chi connectivity index (χ4v) is 2.02. The molecule has 0 bridgehead atoms. The summed E-state index contributed by atoms with van der Waals surface area (Å²) in [4.78, 5) is 22.5. The molecule has 24 heavy (non-hydrogen) atoms. The number of para-hydroxylation sites is 1. The van der Waals surface area contributed by atoms with E-state index in [4.69, 9.17) is 9.47 Å². The maximum Gasteiger partial charge on any atom is 0.185 e. The van der Waals surface area contributed by atoms with E-state index in [1.165, 1.54) is 18.2 Å². The lowest BCUT2D eigenvalue weighted by Gasteiger charge is -2.07. The highest BCUT2D eigenvalue weighted by atomic mass is 16.5. The molecule has 0 fully saturated rings. The van der Waals surface area contributed by atoms with Crippen LogP contribution < -0.4 is 14.6 Å². The summed E-state index contributed by atoms with van der Waals surface area (Å²) in [6, 6.07) is 13.7. The van der Waals surface area contributed by atoms with Gasteiger partial charge in [0.05, 0.1) is 12.6 Å². The van der Waals surface area contributed by atoms with Gasteiger partial charge in [-0.2, -0.15) is 0 Å². The number of aliphatic carboxylic acids is 1. The van der Waals surface area contributed by atoms with Gasteiger partial charge in [-0.05, 0) is 49.4 Å². The average Bonchev–Trinajstić information content (AvgIpc) is 2.59. The topological polar surface area (TPSA) is 75.7 Å². The van der Waals surface area contributed by atoms with Gasteiger partial charge in [-0.1, -0.05) is 18.2 Å². The molecule has 0 N–H and O–H groups in total. The maximum atomic E-state index is 12.2. The lowest BCUT2D eigenvalue weighted by Crippen LogP contribution is -2.28. The number of rotatable bonds is 8. The van der Waals surface area contributed by atoms with Crippen LogP contribution in [0.25, 0.3) is 6.08 Å². The zero-order valence-electron chi connectivity index (χ0n) is 13.2. The summed E-state index contributed by atoms with van der Waals surface area (Å²) >= 11 is 0. The molecule has 0 amide bonds. The molecule has 0 unspecified atom stereocenters. The van der Waals surface area contributed by atoms with Crippen LogP contribution in [0.3, 0.4) is 0 Å². The summed E-state index contributed by atoms with van der Waals surface area (Å²) in [5.74, 6) is -0.393. The first-order valence-corrected chi connectivity index (χ1v) is 7.47. The molecule has 0 saturated carbocycles. The second-order valence-corrected chi connectivity index (χ2v) is 4.85. The van der Waals surface area contributed by atoms with E-state index in [9.17, 15) is 14.7 Å². The highest BCUT2D eigenvalue weighted by Crippen LogP contribution is 2.20. The lowest BCUT2D eigenvalue weighted by molar-refractivity contribution is -0.307. The van der Waals surface area contributed by atoms with E-state index in [0.29, 0.717) is 17.9 Å². The minimum Gasteiger partial charge on any atom is -0.546 e. The van der Waals surface area contributed by atoms with Gasteiger partial charge in [0.25, 0.3) is 0 Å². The van der Waals surface area contributed by atoms with Crippen molar-refractivity contribution < 1.29 is 24.2 Å². The van der Waals surface area contributed by atoms with Gasteiger partial charge < -0.3 is 19.4 Å². The van der Waals surface area contributed by atoms with Gasteiger partial charge in [0, 0.05) is 11.1 Å². The van der Waals surface area contributed by atoms with Gasteiger partial charge in [-0.25, -0.2) is 0 Å². The van der Waals surface area contributed by atoms with Gasteiger partial charge in [0.15, 0.2) is 5.78 Å². The summed E-state index contributed by atoms with van der Waals surface area (Å²) in [6.07, 6.45) is 3.17. The van der Waals surface area contributed by atoms with Crippen LogP contribution in [0.2, 0.25) is 0 Å². The van der Waals surface area contributed by atoms with E-state index in [2.05, 4.69) is 0 Å². The van der Waals surface area contributed by atoms with Crippen molar-refractivity contribution in [2.24, 2.45) is 0 Å². The molecule has 2 rings (SSSR count). The van der Waals surface area contributed by atoms with E-state index < -0.39 is 12.6 Å². The van der Waals surface area contributed by atoms with Crippen molar-refractivity contribution in [2.45, 2.75) is 6.92 Å². The van der Waals surface area contributed by atoms with Crippen LogP contribution in [-0.2, 0) is 4.79 Å². The molecule has 2 aromatic carbocycles. The summed E-state index contributed by atoms with van der Waals surface area (Å²) in [5, 5.41) is 10.3. The number of ether oxygens (including phenoxy) is 2. The molecule has 5 nitrogen and oxygen atoms in total. The molecule has 0 atom stereocenters. The Balaban J connectivity index is 2.05. The van der Waals surface area contributed by atoms with Crippen LogP contribution in [-0.4, -0.2) is 25.0 Å². The highest BCUT2D eigenvalue weighted by molar-refractivity contribution is 6.07.